The molecule has 0 spiro atoms. The average Bonchev–Trinajstić information content (AvgIpc) is 2.18. The second-order valence-corrected chi connectivity index (χ2v) is 4.28. The lowest BCUT2D eigenvalue weighted by Gasteiger charge is -2.25. The standard InChI is InChI=1S/C13H17NO/c1-10-7-12(8-14)5-6-13(10)15-9-11-3-2-4-11/h5-8,11,14H,2-4,9H2,1H3. The van der Waals surface area contributed by atoms with Gasteiger partial charge in [0.05, 0.1) is 6.61 Å². The topological polar surface area (TPSA) is 33.1 Å². The molecule has 0 bridgehead atoms. The van der Waals surface area contributed by atoms with E-state index in [9.17, 15) is 0 Å². The Labute approximate surface area is 90.8 Å². The first-order valence-corrected chi connectivity index (χ1v) is 5.53. The van der Waals surface area contributed by atoms with Crippen molar-refractivity contribution in [2.45, 2.75) is 26.2 Å². The number of hydrogen-bond acceptors (Lipinski definition) is 2. The Morgan fingerprint density at radius 3 is 2.80 bits per heavy atom. The van der Waals surface area contributed by atoms with E-state index in [1.165, 1.54) is 25.5 Å². The maximum Gasteiger partial charge on any atom is 0.122 e. The van der Waals surface area contributed by atoms with Crippen LogP contribution in [0.3, 0.4) is 0 Å². The van der Waals surface area contributed by atoms with Crippen LogP contribution in [-0.2, 0) is 0 Å². The zero-order valence-corrected chi connectivity index (χ0v) is 9.12. The third-order valence-electron chi connectivity index (χ3n) is 3.06. The van der Waals surface area contributed by atoms with Crippen LogP contribution in [0, 0.1) is 18.3 Å². The highest BCUT2D eigenvalue weighted by atomic mass is 16.5. The van der Waals surface area contributed by atoms with Gasteiger partial charge in [-0.2, -0.15) is 0 Å². The first kappa shape index (κ1) is 10.2. The molecule has 2 heteroatoms. The van der Waals surface area contributed by atoms with Crippen molar-refractivity contribution in [1.29, 1.82) is 5.41 Å². The second kappa shape index (κ2) is 4.47. The maximum atomic E-state index is 7.15. The predicted octanol–water partition coefficient (Wildman–Crippen LogP) is 3.17. The Morgan fingerprint density at radius 2 is 2.27 bits per heavy atom. The smallest absolute Gasteiger partial charge is 0.122 e. The molecule has 1 aromatic rings. The fraction of sp³-hybridized carbons (Fsp3) is 0.462. The minimum atomic E-state index is 0.770. The van der Waals surface area contributed by atoms with Gasteiger partial charge in [0.15, 0.2) is 0 Å². The molecule has 15 heavy (non-hydrogen) atoms. The molecule has 1 saturated carbocycles. The summed E-state index contributed by atoms with van der Waals surface area (Å²) in [7, 11) is 0. The third-order valence-corrected chi connectivity index (χ3v) is 3.06. The van der Waals surface area contributed by atoms with E-state index in [1.54, 1.807) is 0 Å². The number of ether oxygens (including phenoxy) is 1. The molecule has 0 aliphatic heterocycles. The molecule has 2 nitrogen and oxygen atoms in total. The molecule has 1 aliphatic carbocycles. The number of hydrogen-bond donors (Lipinski definition) is 1. The van der Waals surface area contributed by atoms with Crippen molar-refractivity contribution in [1.82, 2.24) is 0 Å². The van der Waals surface area contributed by atoms with Crippen LogP contribution in [-0.4, -0.2) is 12.8 Å². The Kier molecular flexibility index (Phi) is 3.05. The van der Waals surface area contributed by atoms with E-state index in [0.29, 0.717) is 0 Å². The number of aryl methyl sites for hydroxylation is 1. The predicted molar refractivity (Wildman–Crippen MR) is 61.9 cm³/mol. The van der Waals surface area contributed by atoms with Crippen molar-refractivity contribution in [3.8, 4) is 5.75 Å². The summed E-state index contributed by atoms with van der Waals surface area (Å²) in [5.74, 6) is 1.74. The lowest BCUT2D eigenvalue weighted by molar-refractivity contribution is 0.180. The summed E-state index contributed by atoms with van der Waals surface area (Å²) >= 11 is 0. The molecule has 0 heterocycles. The molecule has 2 rings (SSSR count). The van der Waals surface area contributed by atoms with Gasteiger partial charge in [-0.05, 0) is 55.0 Å². The van der Waals surface area contributed by atoms with Gasteiger partial charge >= 0.3 is 0 Å². The van der Waals surface area contributed by atoms with Crippen LogP contribution in [0.15, 0.2) is 18.2 Å². The molecule has 0 radical (unpaired) electrons. The van der Waals surface area contributed by atoms with Crippen molar-refractivity contribution >= 4 is 6.21 Å². The zero-order valence-electron chi connectivity index (χ0n) is 9.12. The third kappa shape index (κ3) is 2.38. The first-order valence-electron chi connectivity index (χ1n) is 5.53. The minimum absolute atomic E-state index is 0.770. The van der Waals surface area contributed by atoms with Crippen LogP contribution < -0.4 is 4.74 Å². The fourth-order valence-corrected chi connectivity index (χ4v) is 1.79. The van der Waals surface area contributed by atoms with E-state index < -0.39 is 0 Å². The maximum absolute atomic E-state index is 7.15. The molecule has 1 aromatic carbocycles. The molecular weight excluding hydrogens is 186 g/mol. The first-order chi connectivity index (χ1) is 7.29. The van der Waals surface area contributed by atoms with Gasteiger partial charge in [-0.25, -0.2) is 0 Å². The highest BCUT2D eigenvalue weighted by molar-refractivity contribution is 5.77. The summed E-state index contributed by atoms with van der Waals surface area (Å²) < 4.78 is 5.77. The molecule has 0 saturated heterocycles. The monoisotopic (exact) mass is 203 g/mol. The summed E-state index contributed by atoms with van der Waals surface area (Å²) in [4.78, 5) is 0. The highest BCUT2D eigenvalue weighted by Gasteiger charge is 2.18. The fourth-order valence-electron chi connectivity index (χ4n) is 1.79. The molecule has 1 aliphatic rings. The number of nitrogens with one attached hydrogen (secondary N) is 1. The van der Waals surface area contributed by atoms with Gasteiger partial charge < -0.3 is 10.1 Å². The van der Waals surface area contributed by atoms with Crippen molar-refractivity contribution in [2.24, 2.45) is 5.92 Å². The Morgan fingerprint density at radius 1 is 1.47 bits per heavy atom. The van der Waals surface area contributed by atoms with Gasteiger partial charge in [0.25, 0.3) is 0 Å². The van der Waals surface area contributed by atoms with Crippen molar-refractivity contribution in [3.63, 3.8) is 0 Å². The normalized spacial score (nSPS) is 15.8. The Balaban J connectivity index is 1.97. The number of benzene rings is 1. The van der Waals surface area contributed by atoms with Gasteiger partial charge in [0, 0.05) is 6.21 Å². The van der Waals surface area contributed by atoms with Gasteiger partial charge in [0.1, 0.15) is 5.75 Å². The van der Waals surface area contributed by atoms with E-state index in [2.05, 4.69) is 0 Å². The van der Waals surface area contributed by atoms with Crippen LogP contribution in [0.1, 0.15) is 30.4 Å². The van der Waals surface area contributed by atoms with E-state index >= 15 is 0 Å². The van der Waals surface area contributed by atoms with Gasteiger partial charge in [0.2, 0.25) is 0 Å². The minimum Gasteiger partial charge on any atom is -0.493 e. The Hall–Kier alpha value is -1.31. The zero-order chi connectivity index (χ0) is 10.7. The average molecular weight is 203 g/mol. The molecule has 1 N–H and O–H groups in total. The van der Waals surface area contributed by atoms with E-state index in [4.69, 9.17) is 10.1 Å². The van der Waals surface area contributed by atoms with E-state index in [0.717, 1.165) is 29.4 Å². The molecule has 0 unspecified atom stereocenters. The van der Waals surface area contributed by atoms with Crippen LogP contribution in [0.2, 0.25) is 0 Å². The summed E-state index contributed by atoms with van der Waals surface area (Å²) in [6.07, 6.45) is 5.36. The summed E-state index contributed by atoms with van der Waals surface area (Å²) in [6.45, 7) is 2.88. The van der Waals surface area contributed by atoms with Crippen LogP contribution in [0.5, 0.6) is 5.75 Å². The molecule has 80 valence electrons. The Bertz CT molecular complexity index is 356. The summed E-state index contributed by atoms with van der Waals surface area (Å²) in [6, 6.07) is 5.88. The van der Waals surface area contributed by atoms with Crippen molar-refractivity contribution < 1.29 is 4.74 Å². The summed E-state index contributed by atoms with van der Waals surface area (Å²) in [5.41, 5.74) is 2.05. The van der Waals surface area contributed by atoms with Gasteiger partial charge in [-0.3, -0.25) is 0 Å². The van der Waals surface area contributed by atoms with Crippen LogP contribution >= 0.6 is 0 Å². The van der Waals surface area contributed by atoms with Crippen LogP contribution in [0.4, 0.5) is 0 Å². The molecule has 1 fully saturated rings. The summed E-state index contributed by atoms with van der Waals surface area (Å²) in [5, 5.41) is 7.15. The van der Waals surface area contributed by atoms with Gasteiger partial charge in [-0.1, -0.05) is 6.42 Å². The lowest BCUT2D eigenvalue weighted by Crippen LogP contribution is -2.19. The van der Waals surface area contributed by atoms with Crippen molar-refractivity contribution in [3.05, 3.63) is 29.3 Å². The largest absolute Gasteiger partial charge is 0.493 e. The SMILES string of the molecule is Cc1cc(C=N)ccc1OCC1CCC1. The molecule has 0 atom stereocenters. The van der Waals surface area contributed by atoms with Crippen LogP contribution in [0.25, 0.3) is 0 Å². The molecule has 0 amide bonds. The van der Waals surface area contributed by atoms with E-state index in [-0.39, 0.29) is 0 Å². The molecular formula is C13H17NO. The second-order valence-electron chi connectivity index (χ2n) is 4.28. The lowest BCUT2D eigenvalue weighted by atomic mass is 9.86. The van der Waals surface area contributed by atoms with Gasteiger partial charge in [-0.15, -0.1) is 0 Å². The highest BCUT2D eigenvalue weighted by Crippen LogP contribution is 2.28. The number of rotatable bonds is 4. The quantitative estimate of drug-likeness (QED) is 0.749. The van der Waals surface area contributed by atoms with E-state index in [1.807, 2.05) is 25.1 Å². The molecule has 0 aromatic heterocycles. The van der Waals surface area contributed by atoms with Crippen molar-refractivity contribution in [2.75, 3.05) is 6.61 Å².